The Bertz CT molecular complexity index is 187. The van der Waals surface area contributed by atoms with Gasteiger partial charge in [-0.1, -0.05) is 0 Å². The minimum atomic E-state index is 0.200. The van der Waals surface area contributed by atoms with Crippen LogP contribution in [-0.2, 0) is 4.74 Å². The van der Waals surface area contributed by atoms with Crippen molar-refractivity contribution in [2.75, 3.05) is 46.9 Å². The molecule has 0 aromatic heterocycles. The highest BCUT2D eigenvalue weighted by Crippen LogP contribution is 2.14. The van der Waals surface area contributed by atoms with Gasteiger partial charge in [-0.05, 0) is 40.4 Å². The van der Waals surface area contributed by atoms with Crippen LogP contribution in [0.5, 0.6) is 0 Å². The van der Waals surface area contributed by atoms with E-state index in [1.807, 2.05) is 6.92 Å². The molecule has 0 bridgehead atoms. The molecule has 96 valence electrons. The van der Waals surface area contributed by atoms with Crippen molar-refractivity contribution < 1.29 is 4.74 Å². The second-order valence-corrected chi connectivity index (χ2v) is 4.83. The van der Waals surface area contributed by atoms with E-state index in [-0.39, 0.29) is 6.10 Å². The number of likely N-dealkylation sites (N-methyl/N-ethyl adjacent to an activating group) is 1. The van der Waals surface area contributed by atoms with Gasteiger partial charge in [0.15, 0.2) is 0 Å². The van der Waals surface area contributed by atoms with E-state index in [4.69, 9.17) is 10.5 Å². The Morgan fingerprint density at radius 3 is 2.81 bits per heavy atom. The highest BCUT2D eigenvalue weighted by molar-refractivity contribution is 4.79. The Labute approximate surface area is 99.7 Å². The van der Waals surface area contributed by atoms with Gasteiger partial charge in [0.2, 0.25) is 0 Å². The molecule has 1 heterocycles. The lowest BCUT2D eigenvalue weighted by Gasteiger charge is -2.37. The molecule has 4 heteroatoms. The van der Waals surface area contributed by atoms with Gasteiger partial charge in [-0.2, -0.15) is 0 Å². The number of hydrogen-bond acceptors (Lipinski definition) is 4. The van der Waals surface area contributed by atoms with Crippen LogP contribution in [-0.4, -0.2) is 68.8 Å². The van der Waals surface area contributed by atoms with Crippen LogP contribution in [0.3, 0.4) is 0 Å². The summed E-state index contributed by atoms with van der Waals surface area (Å²) in [5, 5.41) is 0. The van der Waals surface area contributed by atoms with E-state index < -0.39 is 0 Å². The summed E-state index contributed by atoms with van der Waals surface area (Å²) >= 11 is 0. The number of likely N-dealkylation sites (tertiary alicyclic amines) is 1. The molecule has 1 rings (SSSR count). The third-order valence-corrected chi connectivity index (χ3v) is 3.34. The fourth-order valence-corrected chi connectivity index (χ4v) is 2.34. The summed E-state index contributed by atoms with van der Waals surface area (Å²) in [4.78, 5) is 4.81. The Morgan fingerprint density at radius 1 is 1.50 bits per heavy atom. The SMILES string of the molecule is CCOC(CN)CN1CCCC(N(C)C)C1. The smallest absolute Gasteiger partial charge is 0.0823 e. The molecule has 0 amide bonds. The van der Waals surface area contributed by atoms with Gasteiger partial charge >= 0.3 is 0 Å². The first kappa shape index (κ1) is 13.9. The highest BCUT2D eigenvalue weighted by Gasteiger charge is 2.23. The van der Waals surface area contributed by atoms with Crippen molar-refractivity contribution >= 4 is 0 Å². The number of piperidine rings is 1. The maximum Gasteiger partial charge on any atom is 0.0823 e. The van der Waals surface area contributed by atoms with Crippen molar-refractivity contribution in [2.24, 2.45) is 5.73 Å². The van der Waals surface area contributed by atoms with Crippen LogP contribution in [0.15, 0.2) is 0 Å². The number of ether oxygens (including phenoxy) is 1. The summed E-state index contributed by atoms with van der Waals surface area (Å²) in [7, 11) is 4.33. The quantitative estimate of drug-likeness (QED) is 0.715. The normalized spacial score (nSPS) is 24.9. The largest absolute Gasteiger partial charge is 0.376 e. The first-order valence-corrected chi connectivity index (χ1v) is 6.37. The highest BCUT2D eigenvalue weighted by atomic mass is 16.5. The summed E-state index contributed by atoms with van der Waals surface area (Å²) in [6.07, 6.45) is 2.79. The number of nitrogens with two attached hydrogens (primary N) is 1. The zero-order chi connectivity index (χ0) is 12.0. The lowest BCUT2D eigenvalue weighted by Crippen LogP contribution is -2.48. The number of rotatable bonds is 6. The second kappa shape index (κ2) is 7.22. The maximum absolute atomic E-state index is 5.71. The molecule has 0 spiro atoms. The predicted molar refractivity (Wildman–Crippen MR) is 67.6 cm³/mol. The van der Waals surface area contributed by atoms with Gasteiger partial charge in [0.25, 0.3) is 0 Å². The molecular formula is C12H27N3O. The second-order valence-electron chi connectivity index (χ2n) is 4.83. The van der Waals surface area contributed by atoms with Crippen LogP contribution in [0.4, 0.5) is 0 Å². The molecular weight excluding hydrogens is 202 g/mol. The fourth-order valence-electron chi connectivity index (χ4n) is 2.34. The first-order valence-electron chi connectivity index (χ1n) is 6.37. The molecule has 0 saturated carbocycles. The van der Waals surface area contributed by atoms with Crippen LogP contribution in [0.25, 0.3) is 0 Å². The Balaban J connectivity index is 2.35. The molecule has 4 nitrogen and oxygen atoms in total. The minimum absolute atomic E-state index is 0.200. The summed E-state index contributed by atoms with van der Waals surface area (Å²) < 4.78 is 5.61. The van der Waals surface area contributed by atoms with Crippen LogP contribution >= 0.6 is 0 Å². The van der Waals surface area contributed by atoms with Gasteiger partial charge in [-0.25, -0.2) is 0 Å². The van der Waals surface area contributed by atoms with Crippen molar-refractivity contribution in [3.8, 4) is 0 Å². The molecule has 0 aromatic rings. The number of nitrogens with zero attached hydrogens (tertiary/aromatic N) is 2. The molecule has 16 heavy (non-hydrogen) atoms. The van der Waals surface area contributed by atoms with Gasteiger partial charge in [-0.15, -0.1) is 0 Å². The third kappa shape index (κ3) is 4.37. The summed E-state index contributed by atoms with van der Waals surface area (Å²) in [6, 6.07) is 0.689. The van der Waals surface area contributed by atoms with Gasteiger partial charge in [0, 0.05) is 32.3 Å². The topological polar surface area (TPSA) is 41.7 Å². The molecule has 1 fully saturated rings. The molecule has 1 saturated heterocycles. The lowest BCUT2D eigenvalue weighted by molar-refractivity contribution is 0.0240. The lowest BCUT2D eigenvalue weighted by atomic mass is 10.0. The standard InChI is InChI=1S/C12H27N3O/c1-4-16-12(8-13)10-15-7-5-6-11(9-15)14(2)3/h11-12H,4-10,13H2,1-3H3. The monoisotopic (exact) mass is 229 g/mol. The van der Waals surface area contributed by atoms with Gasteiger partial charge < -0.3 is 15.4 Å². The molecule has 2 N–H and O–H groups in total. The molecule has 0 aromatic carbocycles. The van der Waals surface area contributed by atoms with Crippen LogP contribution < -0.4 is 5.73 Å². The zero-order valence-corrected chi connectivity index (χ0v) is 11.0. The van der Waals surface area contributed by atoms with E-state index in [2.05, 4.69) is 23.9 Å². The molecule has 1 aliphatic heterocycles. The molecule has 0 aliphatic carbocycles. The predicted octanol–water partition coefficient (Wildman–Crippen LogP) is 0.376. The average Bonchev–Trinajstić information content (AvgIpc) is 2.29. The molecule has 0 radical (unpaired) electrons. The number of hydrogen-bond donors (Lipinski definition) is 1. The molecule has 2 atom stereocenters. The van der Waals surface area contributed by atoms with E-state index in [9.17, 15) is 0 Å². The van der Waals surface area contributed by atoms with Gasteiger partial charge in [0.05, 0.1) is 6.10 Å². The zero-order valence-electron chi connectivity index (χ0n) is 11.0. The molecule has 2 unspecified atom stereocenters. The van der Waals surface area contributed by atoms with Gasteiger partial charge in [0.1, 0.15) is 0 Å². The minimum Gasteiger partial charge on any atom is -0.376 e. The van der Waals surface area contributed by atoms with E-state index in [0.717, 1.165) is 19.7 Å². The van der Waals surface area contributed by atoms with E-state index in [1.54, 1.807) is 0 Å². The van der Waals surface area contributed by atoms with Crippen molar-refractivity contribution in [1.29, 1.82) is 0 Å². The van der Waals surface area contributed by atoms with Crippen molar-refractivity contribution in [3.63, 3.8) is 0 Å². The van der Waals surface area contributed by atoms with Crippen LogP contribution in [0, 0.1) is 0 Å². The van der Waals surface area contributed by atoms with Crippen LogP contribution in [0.2, 0.25) is 0 Å². The van der Waals surface area contributed by atoms with Gasteiger partial charge in [-0.3, -0.25) is 4.90 Å². The first-order chi connectivity index (χ1) is 7.67. The summed E-state index contributed by atoms with van der Waals surface area (Å²) in [5.41, 5.74) is 5.71. The maximum atomic E-state index is 5.71. The van der Waals surface area contributed by atoms with Crippen molar-refractivity contribution in [3.05, 3.63) is 0 Å². The van der Waals surface area contributed by atoms with E-state index >= 15 is 0 Å². The average molecular weight is 229 g/mol. The summed E-state index contributed by atoms with van der Waals surface area (Å²) in [6.45, 7) is 6.73. The van der Waals surface area contributed by atoms with E-state index in [1.165, 1.54) is 19.4 Å². The van der Waals surface area contributed by atoms with Crippen molar-refractivity contribution in [2.45, 2.75) is 31.9 Å². The third-order valence-electron chi connectivity index (χ3n) is 3.34. The van der Waals surface area contributed by atoms with E-state index in [0.29, 0.717) is 12.6 Å². The van der Waals surface area contributed by atoms with Crippen molar-refractivity contribution in [1.82, 2.24) is 9.80 Å². The Morgan fingerprint density at radius 2 is 2.25 bits per heavy atom. The Hall–Kier alpha value is -0.160. The summed E-state index contributed by atoms with van der Waals surface area (Å²) in [5.74, 6) is 0. The fraction of sp³-hybridized carbons (Fsp3) is 1.00. The van der Waals surface area contributed by atoms with Crippen LogP contribution in [0.1, 0.15) is 19.8 Å². The molecule has 1 aliphatic rings. The Kier molecular flexibility index (Phi) is 6.28.